The number of fused-ring (bicyclic) bond motifs is 2. The van der Waals surface area contributed by atoms with E-state index in [0.717, 1.165) is 47.9 Å². The summed E-state index contributed by atoms with van der Waals surface area (Å²) < 4.78 is 2.04. The molecule has 21 heavy (non-hydrogen) atoms. The van der Waals surface area contributed by atoms with E-state index in [-0.39, 0.29) is 0 Å². The lowest BCUT2D eigenvalue weighted by atomic mass is 9.97. The molecule has 5 heteroatoms. The van der Waals surface area contributed by atoms with Gasteiger partial charge in [0.05, 0.1) is 0 Å². The van der Waals surface area contributed by atoms with Crippen molar-refractivity contribution >= 4 is 11.3 Å². The maximum absolute atomic E-state index is 4.54. The highest BCUT2D eigenvalue weighted by Gasteiger charge is 2.18. The Bertz CT molecular complexity index is 834. The lowest BCUT2D eigenvalue weighted by molar-refractivity contribution is 0.829. The van der Waals surface area contributed by atoms with Crippen LogP contribution in [0.25, 0.3) is 17.0 Å². The molecule has 3 heterocycles. The topological polar surface area (TPSA) is 55.1 Å². The Labute approximate surface area is 123 Å². The van der Waals surface area contributed by atoms with E-state index in [1.165, 1.54) is 11.3 Å². The molecule has 1 aliphatic rings. The second-order valence-corrected chi connectivity index (χ2v) is 5.52. The Kier molecular flexibility index (Phi) is 2.67. The monoisotopic (exact) mass is 279 g/mol. The van der Waals surface area contributed by atoms with Gasteiger partial charge < -0.3 is 5.32 Å². The van der Waals surface area contributed by atoms with Crippen molar-refractivity contribution in [1.82, 2.24) is 19.6 Å². The quantitative estimate of drug-likeness (QED) is 0.744. The third-order valence-electron chi connectivity index (χ3n) is 4.02. The zero-order valence-corrected chi connectivity index (χ0v) is 12.2. The molecule has 2 aromatic heterocycles. The van der Waals surface area contributed by atoms with E-state index in [1.54, 1.807) is 0 Å². The number of nitrogens with one attached hydrogen (secondary N) is 1. The molecule has 0 saturated carbocycles. The molecule has 5 nitrogen and oxygen atoms in total. The molecule has 1 N–H and O–H groups in total. The summed E-state index contributed by atoms with van der Waals surface area (Å²) in [4.78, 5) is 4.54. The first-order valence-electron chi connectivity index (χ1n) is 7.29. The Morgan fingerprint density at radius 2 is 2.10 bits per heavy atom. The van der Waals surface area contributed by atoms with Crippen molar-refractivity contribution < 1.29 is 0 Å². The van der Waals surface area contributed by atoms with Crippen molar-refractivity contribution in [3.8, 4) is 11.4 Å². The van der Waals surface area contributed by atoms with Gasteiger partial charge >= 0.3 is 0 Å². The standard InChI is InChI=1S/C16H17N5/c1-10-9-15-19-20-16(21(15)11(2)18-10)13-5-3-7-14-12(13)6-4-8-17-14/h3,5,7,9,17H,4,6,8H2,1-2H3. The average Bonchev–Trinajstić information content (AvgIpc) is 2.90. The van der Waals surface area contributed by atoms with Crippen LogP contribution >= 0.6 is 0 Å². The predicted octanol–water partition coefficient (Wildman–Crippen LogP) is 2.77. The van der Waals surface area contributed by atoms with Crippen molar-refractivity contribution in [2.45, 2.75) is 26.7 Å². The van der Waals surface area contributed by atoms with Crippen LogP contribution in [-0.2, 0) is 6.42 Å². The fraction of sp³-hybridized carbons (Fsp3) is 0.312. The van der Waals surface area contributed by atoms with Crippen LogP contribution < -0.4 is 5.32 Å². The lowest BCUT2D eigenvalue weighted by Crippen LogP contribution is -2.13. The van der Waals surface area contributed by atoms with Gasteiger partial charge in [0.25, 0.3) is 0 Å². The number of rotatable bonds is 1. The van der Waals surface area contributed by atoms with Crippen LogP contribution in [0.5, 0.6) is 0 Å². The number of anilines is 1. The number of hydrogen-bond donors (Lipinski definition) is 1. The number of hydrogen-bond acceptors (Lipinski definition) is 4. The van der Waals surface area contributed by atoms with Gasteiger partial charge in [-0.3, -0.25) is 4.40 Å². The summed E-state index contributed by atoms with van der Waals surface area (Å²) in [7, 11) is 0. The van der Waals surface area contributed by atoms with Gasteiger partial charge in [-0.25, -0.2) is 4.98 Å². The highest BCUT2D eigenvalue weighted by atomic mass is 15.3. The summed E-state index contributed by atoms with van der Waals surface area (Å²) in [5.41, 5.74) is 5.53. The summed E-state index contributed by atoms with van der Waals surface area (Å²) in [5, 5.41) is 12.2. The summed E-state index contributed by atoms with van der Waals surface area (Å²) in [5.74, 6) is 1.81. The normalized spacial score (nSPS) is 14.0. The zero-order chi connectivity index (χ0) is 14.4. The van der Waals surface area contributed by atoms with E-state index < -0.39 is 0 Å². The molecule has 0 atom stereocenters. The molecule has 0 radical (unpaired) electrons. The Morgan fingerprint density at radius 3 is 3.00 bits per heavy atom. The molecule has 0 unspecified atom stereocenters. The third kappa shape index (κ3) is 1.88. The van der Waals surface area contributed by atoms with E-state index in [4.69, 9.17) is 0 Å². The highest BCUT2D eigenvalue weighted by Crippen LogP contribution is 2.32. The fourth-order valence-electron chi connectivity index (χ4n) is 3.13. The third-order valence-corrected chi connectivity index (χ3v) is 4.02. The molecule has 0 fully saturated rings. The number of aryl methyl sites for hydroxylation is 2. The first-order chi connectivity index (χ1) is 10.2. The molecule has 0 amide bonds. The number of nitrogens with zero attached hydrogens (tertiary/aromatic N) is 4. The van der Waals surface area contributed by atoms with Gasteiger partial charge in [0, 0.05) is 29.6 Å². The van der Waals surface area contributed by atoms with Crippen LogP contribution in [0.2, 0.25) is 0 Å². The van der Waals surface area contributed by atoms with Crippen LogP contribution in [0, 0.1) is 13.8 Å². The molecule has 106 valence electrons. The van der Waals surface area contributed by atoms with Gasteiger partial charge in [-0.15, -0.1) is 10.2 Å². The van der Waals surface area contributed by atoms with Gasteiger partial charge in [-0.1, -0.05) is 12.1 Å². The van der Waals surface area contributed by atoms with Crippen LogP contribution in [0.15, 0.2) is 24.3 Å². The molecular formula is C16H17N5. The summed E-state index contributed by atoms with van der Waals surface area (Å²) >= 11 is 0. The smallest absolute Gasteiger partial charge is 0.170 e. The predicted molar refractivity (Wildman–Crippen MR) is 82.5 cm³/mol. The van der Waals surface area contributed by atoms with Crippen molar-refractivity contribution in [2.75, 3.05) is 11.9 Å². The molecule has 3 aromatic rings. The molecule has 0 saturated heterocycles. The van der Waals surface area contributed by atoms with E-state index >= 15 is 0 Å². The molecule has 1 aliphatic heterocycles. The summed E-state index contributed by atoms with van der Waals surface area (Å²) in [6.45, 7) is 5.02. The minimum atomic E-state index is 0.858. The highest BCUT2D eigenvalue weighted by molar-refractivity contribution is 5.72. The molecule has 4 rings (SSSR count). The van der Waals surface area contributed by atoms with E-state index in [9.17, 15) is 0 Å². The molecule has 0 spiro atoms. The minimum Gasteiger partial charge on any atom is -0.385 e. The van der Waals surface area contributed by atoms with Crippen LogP contribution in [-0.4, -0.2) is 26.1 Å². The van der Waals surface area contributed by atoms with Gasteiger partial charge in [-0.05, 0) is 38.3 Å². The Morgan fingerprint density at radius 1 is 1.19 bits per heavy atom. The molecular weight excluding hydrogens is 262 g/mol. The van der Waals surface area contributed by atoms with Crippen molar-refractivity contribution in [2.24, 2.45) is 0 Å². The Hall–Kier alpha value is -2.43. The summed E-state index contributed by atoms with van der Waals surface area (Å²) in [6, 6.07) is 8.31. The zero-order valence-electron chi connectivity index (χ0n) is 12.2. The first kappa shape index (κ1) is 12.3. The van der Waals surface area contributed by atoms with Crippen molar-refractivity contribution in [3.05, 3.63) is 41.3 Å². The second kappa shape index (κ2) is 4.55. The van der Waals surface area contributed by atoms with Crippen LogP contribution in [0.1, 0.15) is 23.5 Å². The molecule has 0 aliphatic carbocycles. The second-order valence-electron chi connectivity index (χ2n) is 5.52. The van der Waals surface area contributed by atoms with Crippen LogP contribution in [0.4, 0.5) is 5.69 Å². The maximum atomic E-state index is 4.54. The van der Waals surface area contributed by atoms with E-state index in [0.29, 0.717) is 0 Å². The van der Waals surface area contributed by atoms with E-state index in [1.807, 2.05) is 24.3 Å². The van der Waals surface area contributed by atoms with Crippen LogP contribution in [0.3, 0.4) is 0 Å². The largest absolute Gasteiger partial charge is 0.385 e. The van der Waals surface area contributed by atoms with Crippen molar-refractivity contribution in [3.63, 3.8) is 0 Å². The fourth-order valence-corrected chi connectivity index (χ4v) is 3.13. The number of benzene rings is 1. The molecule has 1 aromatic carbocycles. The van der Waals surface area contributed by atoms with Gasteiger partial charge in [0.1, 0.15) is 5.82 Å². The number of aromatic nitrogens is 4. The van der Waals surface area contributed by atoms with E-state index in [2.05, 4.69) is 38.7 Å². The summed E-state index contributed by atoms with van der Waals surface area (Å²) in [6.07, 6.45) is 2.23. The first-order valence-corrected chi connectivity index (χ1v) is 7.29. The van der Waals surface area contributed by atoms with Crippen molar-refractivity contribution in [1.29, 1.82) is 0 Å². The minimum absolute atomic E-state index is 0.858. The van der Waals surface area contributed by atoms with Gasteiger partial charge in [0.2, 0.25) is 0 Å². The average molecular weight is 279 g/mol. The lowest BCUT2D eigenvalue weighted by Gasteiger charge is -2.20. The maximum Gasteiger partial charge on any atom is 0.170 e. The molecule has 0 bridgehead atoms. The Balaban J connectivity index is 1.99. The SMILES string of the molecule is Cc1cc2nnc(-c3cccc4c3CCCN4)n2c(C)n1. The van der Waals surface area contributed by atoms with Gasteiger partial charge in [-0.2, -0.15) is 0 Å². The van der Waals surface area contributed by atoms with Gasteiger partial charge in [0.15, 0.2) is 11.5 Å².